The minimum absolute atomic E-state index is 0.0124. The van der Waals surface area contributed by atoms with Crippen LogP contribution in [0.2, 0.25) is 0 Å². The highest BCUT2D eigenvalue weighted by Crippen LogP contribution is 2.64. The molecule has 1 saturated heterocycles. The number of allylic oxidation sites excluding steroid dienone is 1. The molecule has 1 aliphatic heterocycles. The quantitative estimate of drug-likeness (QED) is 0.606. The van der Waals surface area contributed by atoms with E-state index in [1.165, 1.54) is 32.1 Å². The van der Waals surface area contributed by atoms with Crippen molar-refractivity contribution in [1.82, 2.24) is 0 Å². The predicted molar refractivity (Wildman–Crippen MR) is 105 cm³/mol. The molecular weight excluding hydrogens is 336 g/mol. The van der Waals surface area contributed by atoms with Crippen LogP contribution in [0.25, 0.3) is 0 Å². The number of carbonyl (C=O) groups is 1. The Morgan fingerprint density at radius 2 is 1.85 bits per heavy atom. The lowest BCUT2D eigenvalue weighted by Crippen LogP contribution is -2.50. The summed E-state index contributed by atoms with van der Waals surface area (Å²) < 4.78 is 12.2. The third kappa shape index (κ3) is 2.87. The van der Waals surface area contributed by atoms with Crippen molar-refractivity contribution in [3.8, 4) is 0 Å². The van der Waals surface area contributed by atoms with E-state index in [9.17, 15) is 4.79 Å². The summed E-state index contributed by atoms with van der Waals surface area (Å²) >= 11 is 0. The fraction of sp³-hybridized carbons (Fsp3) is 0.875. The van der Waals surface area contributed by atoms with Crippen molar-refractivity contribution in [3.05, 3.63) is 11.6 Å². The molecule has 5 rings (SSSR count). The molecule has 0 aromatic rings. The molecule has 27 heavy (non-hydrogen) atoms. The first-order valence-corrected chi connectivity index (χ1v) is 11.5. The molecule has 0 aromatic heterocycles. The summed E-state index contributed by atoms with van der Waals surface area (Å²) in [5, 5.41) is 0. The van der Waals surface area contributed by atoms with Gasteiger partial charge in [0.1, 0.15) is 5.78 Å². The zero-order chi connectivity index (χ0) is 18.6. The molecule has 3 saturated carbocycles. The van der Waals surface area contributed by atoms with Crippen molar-refractivity contribution in [2.45, 2.75) is 96.9 Å². The van der Waals surface area contributed by atoms with Gasteiger partial charge in [-0.25, -0.2) is 0 Å². The van der Waals surface area contributed by atoms with Crippen LogP contribution in [-0.4, -0.2) is 24.8 Å². The van der Waals surface area contributed by atoms with Crippen molar-refractivity contribution in [1.29, 1.82) is 0 Å². The average Bonchev–Trinajstić information content (AvgIpc) is 2.98. The molecule has 7 atom stereocenters. The summed E-state index contributed by atoms with van der Waals surface area (Å²) in [6.45, 7) is 5.67. The fourth-order valence-electron chi connectivity index (χ4n) is 7.55. The third-order valence-corrected chi connectivity index (χ3v) is 9.25. The Labute approximate surface area is 164 Å². The number of hydrogen-bond donors (Lipinski definition) is 0. The van der Waals surface area contributed by atoms with Gasteiger partial charge < -0.3 is 9.47 Å². The Balaban J connectivity index is 1.32. The van der Waals surface area contributed by atoms with Gasteiger partial charge >= 0.3 is 0 Å². The van der Waals surface area contributed by atoms with Gasteiger partial charge in [-0.05, 0) is 87.4 Å². The fourth-order valence-corrected chi connectivity index (χ4v) is 7.55. The Morgan fingerprint density at radius 3 is 2.67 bits per heavy atom. The maximum Gasteiger partial charge on any atom is 0.157 e. The first-order chi connectivity index (χ1) is 13.0. The highest BCUT2D eigenvalue weighted by atomic mass is 16.7. The molecule has 4 aliphatic carbocycles. The van der Waals surface area contributed by atoms with Crippen LogP contribution in [-0.2, 0) is 14.3 Å². The largest absolute Gasteiger partial charge is 0.353 e. The molecule has 0 N–H and O–H groups in total. The van der Waals surface area contributed by atoms with E-state index in [1.54, 1.807) is 5.57 Å². The number of carbonyl (C=O) groups excluding carboxylic acids is 1. The average molecular weight is 373 g/mol. The zero-order valence-electron chi connectivity index (χ0n) is 17.2. The van der Waals surface area contributed by atoms with Crippen LogP contribution < -0.4 is 0 Å². The number of fused-ring (bicyclic) bond motifs is 5. The summed E-state index contributed by atoms with van der Waals surface area (Å²) in [4.78, 5) is 12.6. The van der Waals surface area contributed by atoms with Crippen LogP contribution in [0.15, 0.2) is 11.6 Å². The Hall–Kier alpha value is -0.670. The van der Waals surface area contributed by atoms with Gasteiger partial charge in [0.2, 0.25) is 0 Å². The lowest BCUT2D eigenvalue weighted by Gasteiger charge is -2.57. The van der Waals surface area contributed by atoms with Gasteiger partial charge in [-0.15, -0.1) is 0 Å². The van der Waals surface area contributed by atoms with Crippen LogP contribution >= 0.6 is 0 Å². The molecule has 0 spiro atoms. The van der Waals surface area contributed by atoms with Gasteiger partial charge in [0.05, 0.1) is 6.10 Å². The van der Waals surface area contributed by atoms with E-state index >= 15 is 0 Å². The van der Waals surface area contributed by atoms with E-state index < -0.39 is 0 Å². The van der Waals surface area contributed by atoms with Gasteiger partial charge in [-0.1, -0.05) is 25.5 Å². The van der Waals surface area contributed by atoms with Crippen molar-refractivity contribution < 1.29 is 14.3 Å². The van der Waals surface area contributed by atoms with E-state index in [0.717, 1.165) is 57.0 Å². The Morgan fingerprint density at radius 1 is 1.04 bits per heavy atom. The summed E-state index contributed by atoms with van der Waals surface area (Å²) in [7, 11) is 0. The van der Waals surface area contributed by atoms with Crippen LogP contribution in [0.3, 0.4) is 0 Å². The van der Waals surface area contributed by atoms with Crippen LogP contribution in [0.4, 0.5) is 0 Å². The van der Waals surface area contributed by atoms with Crippen LogP contribution in [0.5, 0.6) is 0 Å². The maximum atomic E-state index is 12.6. The Kier molecular flexibility index (Phi) is 4.55. The van der Waals surface area contributed by atoms with Crippen molar-refractivity contribution in [3.63, 3.8) is 0 Å². The third-order valence-electron chi connectivity index (χ3n) is 9.25. The van der Waals surface area contributed by atoms with Gasteiger partial charge in [-0.2, -0.15) is 0 Å². The lowest BCUT2D eigenvalue weighted by molar-refractivity contribution is -0.195. The highest BCUT2D eigenvalue weighted by molar-refractivity contribution is 5.87. The molecule has 150 valence electrons. The molecular formula is C24H36O3. The normalized spacial score (nSPS) is 49.8. The molecule has 0 aromatic carbocycles. The molecule has 5 aliphatic rings. The second kappa shape index (κ2) is 6.69. The molecule has 3 heteroatoms. The van der Waals surface area contributed by atoms with Gasteiger partial charge in [0.15, 0.2) is 6.29 Å². The number of rotatable bonds is 2. The van der Waals surface area contributed by atoms with E-state index in [4.69, 9.17) is 9.47 Å². The summed E-state index contributed by atoms with van der Waals surface area (Å²) in [5.41, 5.74) is 1.98. The van der Waals surface area contributed by atoms with Crippen LogP contribution in [0, 0.1) is 28.6 Å². The summed E-state index contributed by atoms with van der Waals surface area (Å²) in [5.74, 6) is 2.68. The second-order valence-electron chi connectivity index (χ2n) is 10.5. The molecule has 0 unspecified atom stereocenters. The second-order valence-corrected chi connectivity index (χ2v) is 10.5. The standard InChI is InChI=1S/C24H36O3/c1-23-12-10-17(27-22-5-3-4-14-26-22)15-16(23)6-7-18-19-8-9-21(25)24(19,2)13-11-20(18)23/h6,17-20,22H,3-5,7-15H2,1-2H3/t17-,18+,19+,20+,22+,23+,24+/m1/s1. The van der Waals surface area contributed by atoms with Crippen LogP contribution in [0.1, 0.15) is 84.5 Å². The van der Waals surface area contributed by atoms with E-state index in [0.29, 0.717) is 23.2 Å². The number of hydrogen-bond acceptors (Lipinski definition) is 3. The maximum absolute atomic E-state index is 12.6. The minimum Gasteiger partial charge on any atom is -0.353 e. The summed E-state index contributed by atoms with van der Waals surface area (Å²) in [6, 6.07) is 0. The minimum atomic E-state index is -0.0124. The molecule has 1 heterocycles. The molecule has 0 radical (unpaired) electrons. The SMILES string of the molecule is C[C@]12CC[C@@H](O[C@H]3CCCCO3)CC1=CC[C@@H]1[C@@H]2CC[C@]2(C)C(=O)CC[C@@H]12. The van der Waals surface area contributed by atoms with Crippen molar-refractivity contribution in [2.75, 3.05) is 6.61 Å². The van der Waals surface area contributed by atoms with Crippen molar-refractivity contribution in [2.24, 2.45) is 28.6 Å². The highest BCUT2D eigenvalue weighted by Gasteiger charge is 2.58. The molecule has 0 bridgehead atoms. The first kappa shape index (κ1) is 18.4. The first-order valence-electron chi connectivity index (χ1n) is 11.5. The molecule has 3 nitrogen and oxygen atoms in total. The predicted octanol–water partition coefficient (Wildman–Crippen LogP) is 5.43. The smallest absolute Gasteiger partial charge is 0.157 e. The van der Waals surface area contributed by atoms with Gasteiger partial charge in [-0.3, -0.25) is 4.79 Å². The zero-order valence-corrected chi connectivity index (χ0v) is 17.2. The monoisotopic (exact) mass is 372 g/mol. The topological polar surface area (TPSA) is 35.5 Å². The van der Waals surface area contributed by atoms with Gasteiger partial charge in [0.25, 0.3) is 0 Å². The van der Waals surface area contributed by atoms with Crippen molar-refractivity contribution >= 4 is 5.78 Å². The van der Waals surface area contributed by atoms with E-state index in [1.807, 2.05) is 0 Å². The lowest BCUT2D eigenvalue weighted by atomic mass is 9.48. The van der Waals surface area contributed by atoms with E-state index in [2.05, 4.69) is 19.9 Å². The molecule has 4 fully saturated rings. The Bertz CT molecular complexity index is 634. The number of Topliss-reactive ketones (excluding diaryl/α,β-unsaturated/α-hetero) is 1. The molecule has 0 amide bonds. The van der Waals surface area contributed by atoms with Gasteiger partial charge in [0, 0.05) is 18.4 Å². The number of ketones is 1. The van der Waals surface area contributed by atoms with E-state index in [-0.39, 0.29) is 11.7 Å². The summed E-state index contributed by atoms with van der Waals surface area (Å²) in [6.07, 6.45) is 15.4. The number of ether oxygens (including phenoxy) is 2.